The third-order valence-electron chi connectivity index (χ3n) is 4.17. The standard InChI is InChI=1S/C15H20N2O/c1-11(17-8-2-3-9-17)15(18)13-4-5-14-12(10-13)6-7-16-14/h4-5,10-11,16H,2-3,6-9H2,1H3. The summed E-state index contributed by atoms with van der Waals surface area (Å²) in [4.78, 5) is 14.8. The zero-order valence-corrected chi connectivity index (χ0v) is 10.9. The van der Waals surface area contributed by atoms with Gasteiger partial charge in [0, 0.05) is 17.8 Å². The van der Waals surface area contributed by atoms with Crippen LogP contribution in [0, 0.1) is 0 Å². The molecule has 0 spiro atoms. The molecule has 2 aliphatic heterocycles. The van der Waals surface area contributed by atoms with Crippen molar-refractivity contribution < 1.29 is 4.79 Å². The number of benzene rings is 1. The molecule has 1 fully saturated rings. The Bertz CT molecular complexity index is 464. The summed E-state index contributed by atoms with van der Waals surface area (Å²) in [5, 5.41) is 3.33. The Hall–Kier alpha value is -1.35. The molecule has 1 atom stereocenters. The number of rotatable bonds is 3. The van der Waals surface area contributed by atoms with Gasteiger partial charge in [0.15, 0.2) is 5.78 Å². The van der Waals surface area contributed by atoms with Crippen LogP contribution in [0.1, 0.15) is 35.7 Å². The molecule has 1 aromatic carbocycles. The third kappa shape index (κ3) is 2.03. The Morgan fingerprint density at radius 1 is 1.33 bits per heavy atom. The van der Waals surface area contributed by atoms with Crippen LogP contribution in [0.2, 0.25) is 0 Å². The summed E-state index contributed by atoms with van der Waals surface area (Å²) in [5.74, 6) is 0.270. The molecule has 0 saturated carbocycles. The summed E-state index contributed by atoms with van der Waals surface area (Å²) in [6.07, 6.45) is 3.49. The lowest BCUT2D eigenvalue weighted by Gasteiger charge is -2.22. The Morgan fingerprint density at radius 2 is 2.11 bits per heavy atom. The molecule has 18 heavy (non-hydrogen) atoms. The number of likely N-dealkylation sites (tertiary alicyclic amines) is 1. The van der Waals surface area contributed by atoms with Gasteiger partial charge in [-0.05, 0) is 63.0 Å². The second-order valence-electron chi connectivity index (χ2n) is 5.33. The van der Waals surface area contributed by atoms with Gasteiger partial charge in [-0.25, -0.2) is 0 Å². The van der Waals surface area contributed by atoms with Crippen molar-refractivity contribution in [2.45, 2.75) is 32.2 Å². The first-order chi connectivity index (χ1) is 8.75. The van der Waals surface area contributed by atoms with Crippen molar-refractivity contribution in [2.24, 2.45) is 0 Å². The van der Waals surface area contributed by atoms with Crippen LogP contribution in [0.5, 0.6) is 0 Å². The van der Waals surface area contributed by atoms with Crippen molar-refractivity contribution in [2.75, 3.05) is 25.0 Å². The number of nitrogens with one attached hydrogen (secondary N) is 1. The molecule has 0 bridgehead atoms. The Kier molecular flexibility index (Phi) is 3.08. The van der Waals surface area contributed by atoms with E-state index in [9.17, 15) is 4.79 Å². The van der Waals surface area contributed by atoms with E-state index < -0.39 is 0 Å². The number of hydrogen-bond donors (Lipinski definition) is 1. The van der Waals surface area contributed by atoms with Crippen LogP contribution in [-0.4, -0.2) is 36.4 Å². The molecule has 1 N–H and O–H groups in total. The van der Waals surface area contributed by atoms with Gasteiger partial charge in [-0.3, -0.25) is 9.69 Å². The SMILES string of the molecule is CC(C(=O)c1ccc2c(c1)CCN2)N1CCCC1. The number of nitrogens with zero attached hydrogens (tertiary/aromatic N) is 1. The molecular weight excluding hydrogens is 224 g/mol. The lowest BCUT2D eigenvalue weighted by Crippen LogP contribution is -2.36. The van der Waals surface area contributed by atoms with Crippen LogP contribution in [-0.2, 0) is 6.42 Å². The maximum atomic E-state index is 12.5. The molecule has 0 radical (unpaired) electrons. The lowest BCUT2D eigenvalue weighted by atomic mass is 10.0. The maximum Gasteiger partial charge on any atom is 0.179 e. The average molecular weight is 244 g/mol. The van der Waals surface area contributed by atoms with Crippen molar-refractivity contribution in [3.05, 3.63) is 29.3 Å². The maximum absolute atomic E-state index is 12.5. The average Bonchev–Trinajstić information content (AvgIpc) is 3.06. The van der Waals surface area contributed by atoms with Crippen LogP contribution in [0.3, 0.4) is 0 Å². The predicted octanol–water partition coefficient (Wildman–Crippen LogP) is 2.32. The topological polar surface area (TPSA) is 32.3 Å². The zero-order chi connectivity index (χ0) is 12.5. The molecule has 3 rings (SSSR count). The van der Waals surface area contributed by atoms with E-state index in [4.69, 9.17) is 0 Å². The van der Waals surface area contributed by atoms with Gasteiger partial charge in [-0.15, -0.1) is 0 Å². The summed E-state index contributed by atoms with van der Waals surface area (Å²) in [5.41, 5.74) is 3.35. The molecule has 2 heterocycles. The van der Waals surface area contributed by atoms with E-state index >= 15 is 0 Å². The molecular formula is C15H20N2O. The summed E-state index contributed by atoms with van der Waals surface area (Å²) in [6, 6.07) is 6.11. The molecule has 3 nitrogen and oxygen atoms in total. The fraction of sp³-hybridized carbons (Fsp3) is 0.533. The van der Waals surface area contributed by atoms with E-state index in [-0.39, 0.29) is 11.8 Å². The minimum Gasteiger partial charge on any atom is -0.384 e. The third-order valence-corrected chi connectivity index (χ3v) is 4.17. The molecule has 1 unspecified atom stereocenters. The summed E-state index contributed by atoms with van der Waals surface area (Å²) in [7, 11) is 0. The van der Waals surface area contributed by atoms with E-state index in [1.807, 2.05) is 19.1 Å². The van der Waals surface area contributed by atoms with Crippen LogP contribution >= 0.6 is 0 Å². The van der Waals surface area contributed by atoms with Crippen LogP contribution < -0.4 is 5.32 Å². The second-order valence-corrected chi connectivity index (χ2v) is 5.33. The van der Waals surface area contributed by atoms with Crippen molar-refractivity contribution in [1.82, 2.24) is 4.90 Å². The van der Waals surface area contributed by atoms with Gasteiger partial charge in [0.2, 0.25) is 0 Å². The van der Waals surface area contributed by atoms with Crippen LogP contribution in [0.25, 0.3) is 0 Å². The molecule has 1 aromatic rings. The highest BCUT2D eigenvalue weighted by molar-refractivity contribution is 6.00. The van der Waals surface area contributed by atoms with Gasteiger partial charge in [-0.1, -0.05) is 0 Å². The van der Waals surface area contributed by atoms with E-state index in [2.05, 4.69) is 16.3 Å². The van der Waals surface area contributed by atoms with E-state index in [0.29, 0.717) is 0 Å². The van der Waals surface area contributed by atoms with Crippen LogP contribution in [0.15, 0.2) is 18.2 Å². The van der Waals surface area contributed by atoms with E-state index in [0.717, 1.165) is 31.6 Å². The first kappa shape index (κ1) is 11.7. The van der Waals surface area contributed by atoms with Gasteiger partial charge in [0.05, 0.1) is 6.04 Å². The Morgan fingerprint density at radius 3 is 2.89 bits per heavy atom. The second kappa shape index (κ2) is 4.73. The Balaban J connectivity index is 1.79. The van der Waals surface area contributed by atoms with Gasteiger partial charge in [-0.2, -0.15) is 0 Å². The number of ketones is 1. The van der Waals surface area contributed by atoms with Gasteiger partial charge >= 0.3 is 0 Å². The minimum atomic E-state index is 0.0277. The number of Topliss-reactive ketones (excluding diaryl/α,β-unsaturated/α-hetero) is 1. The molecule has 1 saturated heterocycles. The fourth-order valence-corrected chi connectivity index (χ4v) is 2.99. The van der Waals surface area contributed by atoms with Crippen molar-refractivity contribution in [1.29, 1.82) is 0 Å². The zero-order valence-electron chi connectivity index (χ0n) is 10.9. The summed E-state index contributed by atoms with van der Waals surface area (Å²) in [6.45, 7) is 5.17. The predicted molar refractivity (Wildman–Crippen MR) is 73.2 cm³/mol. The molecule has 0 amide bonds. The smallest absolute Gasteiger partial charge is 0.179 e. The highest BCUT2D eigenvalue weighted by Gasteiger charge is 2.25. The van der Waals surface area contributed by atoms with E-state index in [1.54, 1.807) is 0 Å². The normalized spacial score (nSPS) is 20.5. The molecule has 0 aliphatic carbocycles. The highest BCUT2D eigenvalue weighted by Crippen LogP contribution is 2.24. The summed E-state index contributed by atoms with van der Waals surface area (Å²) < 4.78 is 0. The van der Waals surface area contributed by atoms with Crippen molar-refractivity contribution in [3.63, 3.8) is 0 Å². The minimum absolute atomic E-state index is 0.0277. The van der Waals surface area contributed by atoms with Gasteiger partial charge < -0.3 is 5.32 Å². The number of carbonyl (C=O) groups excluding carboxylic acids is 1. The summed E-state index contributed by atoms with van der Waals surface area (Å²) >= 11 is 0. The molecule has 3 heteroatoms. The molecule has 0 aromatic heterocycles. The molecule has 96 valence electrons. The highest BCUT2D eigenvalue weighted by atomic mass is 16.1. The van der Waals surface area contributed by atoms with Gasteiger partial charge in [0.25, 0.3) is 0 Å². The number of carbonyl (C=O) groups is 1. The van der Waals surface area contributed by atoms with Crippen molar-refractivity contribution >= 4 is 11.5 Å². The largest absolute Gasteiger partial charge is 0.384 e. The molecule has 2 aliphatic rings. The lowest BCUT2D eigenvalue weighted by molar-refractivity contribution is 0.0867. The first-order valence-corrected chi connectivity index (χ1v) is 6.91. The quantitative estimate of drug-likeness (QED) is 0.828. The van der Waals surface area contributed by atoms with E-state index in [1.165, 1.54) is 24.1 Å². The Labute approximate surface area is 108 Å². The number of fused-ring (bicyclic) bond motifs is 1. The number of hydrogen-bond acceptors (Lipinski definition) is 3. The number of anilines is 1. The monoisotopic (exact) mass is 244 g/mol. The van der Waals surface area contributed by atoms with Gasteiger partial charge in [0.1, 0.15) is 0 Å². The first-order valence-electron chi connectivity index (χ1n) is 6.91. The van der Waals surface area contributed by atoms with Crippen molar-refractivity contribution in [3.8, 4) is 0 Å². The van der Waals surface area contributed by atoms with Crippen LogP contribution in [0.4, 0.5) is 5.69 Å². The fourth-order valence-electron chi connectivity index (χ4n) is 2.99.